The minimum absolute atomic E-state index is 0.0687. The number of carbonyl (C=O) groups excluding carboxylic acids is 2. The van der Waals surface area contributed by atoms with E-state index < -0.39 is 0 Å². The van der Waals surface area contributed by atoms with E-state index in [2.05, 4.69) is 27.0 Å². The Kier molecular flexibility index (Phi) is 16.7. The Morgan fingerprint density at radius 1 is 0.875 bits per heavy atom. The maximum Gasteiger partial charge on any atom is 0.333 e. The van der Waals surface area contributed by atoms with Crippen LogP contribution in [0.5, 0.6) is 0 Å². The summed E-state index contributed by atoms with van der Waals surface area (Å²) in [5.74, 6) is -0.540. The van der Waals surface area contributed by atoms with Gasteiger partial charge in [0.25, 0.3) is 0 Å². The number of carbonyl (C=O) groups is 2. The Hall–Kier alpha value is -1.58. The zero-order valence-corrected chi connectivity index (χ0v) is 16.3. The highest BCUT2D eigenvalue weighted by atomic mass is 16.5. The average molecular weight is 341 g/mol. The van der Waals surface area contributed by atoms with E-state index in [1.165, 1.54) is 12.8 Å². The fourth-order valence-corrected chi connectivity index (χ4v) is 1.74. The van der Waals surface area contributed by atoms with Gasteiger partial charge in [-0.15, -0.1) is 0 Å². The zero-order chi connectivity index (χ0) is 19.0. The van der Waals surface area contributed by atoms with Crippen molar-refractivity contribution in [2.45, 2.75) is 85.7 Å². The zero-order valence-electron chi connectivity index (χ0n) is 16.3. The molecule has 4 heteroatoms. The molecule has 1 atom stereocenters. The number of esters is 2. The minimum Gasteiger partial charge on any atom is -0.462 e. The van der Waals surface area contributed by atoms with Crippen LogP contribution in [-0.2, 0) is 19.1 Å². The van der Waals surface area contributed by atoms with E-state index in [1.54, 1.807) is 13.8 Å². The van der Waals surface area contributed by atoms with Crippen molar-refractivity contribution in [1.82, 2.24) is 0 Å². The molecule has 0 fully saturated rings. The molecule has 1 unspecified atom stereocenters. The standard InChI is InChI=1S/2C10H18O2/c1-5-7-9(6-2)12-10(11)8(3)4;1-4-5-6-7-8-12-10(11)9(2)3/h9H,3,5-7H2,1-2,4H3;2,4-8H2,1,3H3. The first kappa shape index (κ1) is 24.7. The maximum absolute atomic E-state index is 11.1. The van der Waals surface area contributed by atoms with Crippen LogP contribution >= 0.6 is 0 Å². The summed E-state index contributed by atoms with van der Waals surface area (Å²) in [6, 6.07) is 0. The predicted molar refractivity (Wildman–Crippen MR) is 99.8 cm³/mol. The SMILES string of the molecule is C=C(C)C(=O)OC(CC)CCC.C=C(C)C(=O)OCCCCCC. The molecule has 0 spiro atoms. The topological polar surface area (TPSA) is 52.6 Å². The van der Waals surface area contributed by atoms with Crippen molar-refractivity contribution in [3.05, 3.63) is 24.3 Å². The van der Waals surface area contributed by atoms with Crippen LogP contribution in [0.2, 0.25) is 0 Å². The van der Waals surface area contributed by atoms with Crippen LogP contribution in [0.15, 0.2) is 24.3 Å². The van der Waals surface area contributed by atoms with Gasteiger partial charge < -0.3 is 9.47 Å². The van der Waals surface area contributed by atoms with E-state index >= 15 is 0 Å². The van der Waals surface area contributed by atoms with Gasteiger partial charge in [0.05, 0.1) is 6.61 Å². The van der Waals surface area contributed by atoms with Crippen molar-refractivity contribution < 1.29 is 19.1 Å². The number of hydrogen-bond acceptors (Lipinski definition) is 4. The van der Waals surface area contributed by atoms with Crippen LogP contribution in [0.4, 0.5) is 0 Å². The summed E-state index contributed by atoms with van der Waals surface area (Å²) in [7, 11) is 0. The fourth-order valence-electron chi connectivity index (χ4n) is 1.74. The maximum atomic E-state index is 11.1. The van der Waals surface area contributed by atoms with Gasteiger partial charge in [0, 0.05) is 11.1 Å². The third-order valence-corrected chi connectivity index (χ3v) is 3.27. The lowest BCUT2D eigenvalue weighted by Crippen LogP contribution is -2.17. The molecule has 0 heterocycles. The van der Waals surface area contributed by atoms with Crippen LogP contribution in [0.1, 0.15) is 79.6 Å². The van der Waals surface area contributed by atoms with Crippen LogP contribution in [0.25, 0.3) is 0 Å². The van der Waals surface area contributed by atoms with Crippen molar-refractivity contribution in [3.8, 4) is 0 Å². The highest BCUT2D eigenvalue weighted by Crippen LogP contribution is 2.08. The third-order valence-electron chi connectivity index (χ3n) is 3.27. The van der Waals surface area contributed by atoms with Gasteiger partial charge >= 0.3 is 11.9 Å². The largest absolute Gasteiger partial charge is 0.462 e. The molecular weight excluding hydrogens is 304 g/mol. The molecule has 0 aromatic rings. The Balaban J connectivity index is 0. The van der Waals surface area contributed by atoms with Crippen molar-refractivity contribution in [1.29, 1.82) is 0 Å². The second-order valence-corrected chi connectivity index (χ2v) is 5.98. The molecule has 0 aliphatic rings. The Morgan fingerprint density at radius 2 is 1.46 bits per heavy atom. The monoisotopic (exact) mass is 340 g/mol. The van der Waals surface area contributed by atoms with Gasteiger partial charge in [-0.05, 0) is 33.1 Å². The molecular formula is C20H36O4. The predicted octanol–water partition coefficient (Wildman–Crippen LogP) is 5.37. The summed E-state index contributed by atoms with van der Waals surface area (Å²) in [6.07, 6.45) is 7.45. The molecule has 24 heavy (non-hydrogen) atoms. The van der Waals surface area contributed by atoms with Crippen LogP contribution < -0.4 is 0 Å². The molecule has 0 aromatic carbocycles. The molecule has 0 saturated carbocycles. The summed E-state index contributed by atoms with van der Waals surface area (Å²) < 4.78 is 10.1. The first-order chi connectivity index (χ1) is 11.3. The Bertz CT molecular complexity index is 385. The normalized spacial score (nSPS) is 10.9. The van der Waals surface area contributed by atoms with E-state index in [4.69, 9.17) is 9.47 Å². The lowest BCUT2D eigenvalue weighted by Gasteiger charge is -2.14. The fraction of sp³-hybridized carbons (Fsp3) is 0.700. The third kappa shape index (κ3) is 15.3. The summed E-state index contributed by atoms with van der Waals surface area (Å²) in [5.41, 5.74) is 0.954. The van der Waals surface area contributed by atoms with Gasteiger partial charge in [0.2, 0.25) is 0 Å². The summed E-state index contributed by atoms with van der Waals surface area (Å²) in [5, 5.41) is 0. The molecule has 0 amide bonds. The molecule has 0 saturated heterocycles. The van der Waals surface area contributed by atoms with E-state index in [0.717, 1.165) is 32.1 Å². The molecule has 0 radical (unpaired) electrons. The van der Waals surface area contributed by atoms with Gasteiger partial charge in [-0.25, -0.2) is 9.59 Å². The highest BCUT2D eigenvalue weighted by molar-refractivity contribution is 5.87. The van der Waals surface area contributed by atoms with Crippen molar-refractivity contribution in [2.75, 3.05) is 6.61 Å². The summed E-state index contributed by atoms with van der Waals surface area (Å²) in [6.45, 7) is 17.1. The molecule has 0 rings (SSSR count). The summed E-state index contributed by atoms with van der Waals surface area (Å²) >= 11 is 0. The van der Waals surface area contributed by atoms with Crippen LogP contribution in [-0.4, -0.2) is 24.6 Å². The van der Waals surface area contributed by atoms with Gasteiger partial charge in [0.15, 0.2) is 0 Å². The molecule has 0 aliphatic carbocycles. The van der Waals surface area contributed by atoms with E-state index in [1.807, 2.05) is 6.92 Å². The van der Waals surface area contributed by atoms with Gasteiger partial charge in [-0.3, -0.25) is 0 Å². The lowest BCUT2D eigenvalue weighted by molar-refractivity contribution is -0.144. The number of ether oxygens (including phenoxy) is 2. The smallest absolute Gasteiger partial charge is 0.333 e. The first-order valence-corrected chi connectivity index (χ1v) is 8.99. The average Bonchev–Trinajstić information content (AvgIpc) is 2.54. The van der Waals surface area contributed by atoms with Gasteiger partial charge in [-0.1, -0.05) is 59.6 Å². The van der Waals surface area contributed by atoms with E-state index in [0.29, 0.717) is 17.8 Å². The number of unbranched alkanes of at least 4 members (excludes halogenated alkanes) is 3. The second kappa shape index (κ2) is 16.3. The molecule has 0 N–H and O–H groups in total. The first-order valence-electron chi connectivity index (χ1n) is 8.99. The van der Waals surface area contributed by atoms with Crippen LogP contribution in [0, 0.1) is 0 Å². The molecule has 0 bridgehead atoms. The Morgan fingerprint density at radius 3 is 1.88 bits per heavy atom. The number of hydrogen-bond donors (Lipinski definition) is 0. The number of rotatable bonds is 11. The van der Waals surface area contributed by atoms with Gasteiger partial charge in [-0.2, -0.15) is 0 Å². The summed E-state index contributed by atoms with van der Waals surface area (Å²) in [4.78, 5) is 21.9. The van der Waals surface area contributed by atoms with Crippen molar-refractivity contribution >= 4 is 11.9 Å². The molecule has 0 aromatic heterocycles. The van der Waals surface area contributed by atoms with E-state index in [9.17, 15) is 9.59 Å². The minimum atomic E-state index is -0.272. The molecule has 0 aliphatic heterocycles. The van der Waals surface area contributed by atoms with Crippen LogP contribution in [0.3, 0.4) is 0 Å². The molecule has 4 nitrogen and oxygen atoms in total. The van der Waals surface area contributed by atoms with E-state index in [-0.39, 0.29) is 18.0 Å². The van der Waals surface area contributed by atoms with Crippen molar-refractivity contribution in [3.63, 3.8) is 0 Å². The molecule has 140 valence electrons. The van der Waals surface area contributed by atoms with Gasteiger partial charge in [0.1, 0.15) is 6.10 Å². The van der Waals surface area contributed by atoms with Crippen molar-refractivity contribution in [2.24, 2.45) is 0 Å². The Labute approximate surface area is 148 Å². The highest BCUT2D eigenvalue weighted by Gasteiger charge is 2.11. The second-order valence-electron chi connectivity index (χ2n) is 5.98. The lowest BCUT2D eigenvalue weighted by atomic mass is 10.1. The quantitative estimate of drug-likeness (QED) is 0.288.